The highest BCUT2D eigenvalue weighted by atomic mass is 16.5. The third kappa shape index (κ3) is 4.21. The van der Waals surface area contributed by atoms with E-state index >= 15 is 0 Å². The van der Waals surface area contributed by atoms with Crippen LogP contribution in [0.1, 0.15) is 13.3 Å². The van der Waals surface area contributed by atoms with Crippen molar-refractivity contribution in [3.05, 3.63) is 12.4 Å². The van der Waals surface area contributed by atoms with Gasteiger partial charge in [-0.3, -0.25) is 9.59 Å². The number of hydrogen-bond donors (Lipinski definition) is 0. The van der Waals surface area contributed by atoms with E-state index in [9.17, 15) is 9.59 Å². The van der Waals surface area contributed by atoms with Gasteiger partial charge in [-0.25, -0.2) is 4.68 Å². The third-order valence-corrected chi connectivity index (χ3v) is 2.32. The summed E-state index contributed by atoms with van der Waals surface area (Å²) in [4.78, 5) is 24.4. The van der Waals surface area contributed by atoms with Crippen LogP contribution in [0.5, 0.6) is 0 Å². The highest BCUT2D eigenvalue weighted by Crippen LogP contribution is 1.96. The lowest BCUT2D eigenvalue weighted by molar-refractivity contribution is -0.141. The molecule has 0 unspecified atom stereocenters. The largest absolute Gasteiger partial charge is 0.469 e. The second-order valence-electron chi connectivity index (χ2n) is 3.40. The van der Waals surface area contributed by atoms with Crippen LogP contribution < -0.4 is 0 Å². The zero-order valence-corrected chi connectivity index (χ0v) is 10.00. The normalized spacial score (nSPS) is 10.0. The van der Waals surface area contributed by atoms with E-state index in [0.717, 1.165) is 0 Å². The smallest absolute Gasteiger partial charge is 0.307 e. The van der Waals surface area contributed by atoms with Crippen LogP contribution in [0.15, 0.2) is 12.4 Å². The van der Waals surface area contributed by atoms with Crippen LogP contribution in [0.2, 0.25) is 0 Å². The fourth-order valence-corrected chi connectivity index (χ4v) is 1.34. The summed E-state index contributed by atoms with van der Waals surface area (Å²) >= 11 is 0. The third-order valence-electron chi connectivity index (χ3n) is 2.32. The molecule has 1 amide bonds. The fraction of sp³-hybridized carbons (Fsp3) is 0.600. The SMILES string of the molecule is CCN(CCC(=O)OC)C(=O)Cn1ccnn1. The van der Waals surface area contributed by atoms with Crippen LogP contribution in [0, 0.1) is 0 Å². The molecule has 0 aliphatic carbocycles. The molecule has 0 radical (unpaired) electrons. The van der Waals surface area contributed by atoms with Crippen molar-refractivity contribution in [1.29, 1.82) is 0 Å². The Bertz CT molecular complexity index is 364. The number of ether oxygens (including phenoxy) is 1. The molecule has 0 atom stereocenters. The number of rotatable bonds is 6. The zero-order chi connectivity index (χ0) is 12.7. The molecule has 0 N–H and O–H groups in total. The molecular weight excluding hydrogens is 224 g/mol. The minimum atomic E-state index is -0.322. The predicted octanol–water partition coefficient (Wildman–Crippen LogP) is -0.310. The zero-order valence-electron chi connectivity index (χ0n) is 10.00. The van der Waals surface area contributed by atoms with E-state index in [4.69, 9.17) is 0 Å². The average molecular weight is 240 g/mol. The van der Waals surface area contributed by atoms with Gasteiger partial charge in [-0.2, -0.15) is 0 Å². The van der Waals surface area contributed by atoms with Gasteiger partial charge in [0.15, 0.2) is 0 Å². The maximum Gasteiger partial charge on any atom is 0.307 e. The molecule has 0 spiro atoms. The van der Waals surface area contributed by atoms with Gasteiger partial charge in [0.05, 0.1) is 19.7 Å². The lowest BCUT2D eigenvalue weighted by Crippen LogP contribution is -2.35. The quantitative estimate of drug-likeness (QED) is 0.637. The van der Waals surface area contributed by atoms with Crippen molar-refractivity contribution >= 4 is 11.9 Å². The van der Waals surface area contributed by atoms with Gasteiger partial charge in [-0.15, -0.1) is 5.10 Å². The van der Waals surface area contributed by atoms with Crippen molar-refractivity contribution < 1.29 is 14.3 Å². The van der Waals surface area contributed by atoms with Gasteiger partial charge >= 0.3 is 5.97 Å². The minimum Gasteiger partial charge on any atom is -0.469 e. The molecule has 94 valence electrons. The molecule has 0 aliphatic rings. The number of carbonyl (C=O) groups is 2. The first kappa shape index (κ1) is 13.1. The molecule has 7 heteroatoms. The number of aromatic nitrogens is 3. The number of esters is 1. The molecule has 7 nitrogen and oxygen atoms in total. The van der Waals surface area contributed by atoms with E-state index in [2.05, 4.69) is 15.0 Å². The van der Waals surface area contributed by atoms with Crippen molar-refractivity contribution in [2.75, 3.05) is 20.2 Å². The molecule has 1 heterocycles. The van der Waals surface area contributed by atoms with Gasteiger partial charge in [0.1, 0.15) is 6.54 Å². The molecule has 17 heavy (non-hydrogen) atoms. The lowest BCUT2D eigenvalue weighted by atomic mass is 10.3. The maximum atomic E-state index is 11.8. The first-order valence-corrected chi connectivity index (χ1v) is 5.36. The van der Waals surface area contributed by atoms with Crippen molar-refractivity contribution in [2.45, 2.75) is 19.9 Å². The highest BCUT2D eigenvalue weighted by Gasteiger charge is 2.14. The topological polar surface area (TPSA) is 77.3 Å². The van der Waals surface area contributed by atoms with Gasteiger partial charge in [0.25, 0.3) is 0 Å². The Kier molecular flexibility index (Phi) is 5.12. The molecule has 0 aromatic carbocycles. The summed E-state index contributed by atoms with van der Waals surface area (Å²) in [5, 5.41) is 7.33. The second-order valence-corrected chi connectivity index (χ2v) is 3.40. The fourth-order valence-electron chi connectivity index (χ4n) is 1.34. The molecule has 0 bridgehead atoms. The van der Waals surface area contributed by atoms with Crippen LogP contribution in [-0.4, -0.2) is 52.0 Å². The predicted molar refractivity (Wildman–Crippen MR) is 58.9 cm³/mol. The lowest BCUT2D eigenvalue weighted by Gasteiger charge is -2.19. The van der Waals surface area contributed by atoms with Crippen molar-refractivity contribution in [3.63, 3.8) is 0 Å². The summed E-state index contributed by atoms with van der Waals surface area (Å²) in [6, 6.07) is 0. The number of likely N-dealkylation sites (N-methyl/N-ethyl adjacent to an activating group) is 1. The van der Waals surface area contributed by atoms with Gasteiger partial charge in [-0.05, 0) is 6.92 Å². The summed E-state index contributed by atoms with van der Waals surface area (Å²) in [6.07, 6.45) is 3.33. The Balaban J connectivity index is 2.44. The Morgan fingerprint density at radius 2 is 2.24 bits per heavy atom. The summed E-state index contributed by atoms with van der Waals surface area (Å²) < 4.78 is 5.97. The first-order valence-electron chi connectivity index (χ1n) is 5.36. The number of nitrogens with zero attached hydrogens (tertiary/aromatic N) is 4. The van der Waals surface area contributed by atoms with Gasteiger partial charge in [-0.1, -0.05) is 5.21 Å². The molecule has 0 saturated carbocycles. The van der Waals surface area contributed by atoms with Crippen LogP contribution >= 0.6 is 0 Å². The van der Waals surface area contributed by atoms with E-state index in [1.54, 1.807) is 11.1 Å². The van der Waals surface area contributed by atoms with E-state index in [0.29, 0.717) is 13.1 Å². The van der Waals surface area contributed by atoms with Crippen LogP contribution in [0.4, 0.5) is 0 Å². The Morgan fingerprint density at radius 3 is 2.76 bits per heavy atom. The van der Waals surface area contributed by atoms with Crippen molar-refractivity contribution in [3.8, 4) is 0 Å². The summed E-state index contributed by atoms with van der Waals surface area (Å²) in [6.45, 7) is 2.90. The monoisotopic (exact) mass is 240 g/mol. The molecule has 1 aromatic heterocycles. The number of methoxy groups -OCH3 is 1. The van der Waals surface area contributed by atoms with E-state index in [-0.39, 0.29) is 24.8 Å². The van der Waals surface area contributed by atoms with E-state index in [1.807, 2.05) is 6.92 Å². The van der Waals surface area contributed by atoms with Crippen LogP contribution in [-0.2, 0) is 20.9 Å². The standard InChI is InChI=1S/C10H16N4O3/c1-3-13(6-4-10(16)17-2)9(15)8-14-7-5-11-12-14/h5,7H,3-4,6,8H2,1-2H3. The molecule has 0 aliphatic heterocycles. The van der Waals surface area contributed by atoms with Gasteiger partial charge in [0.2, 0.25) is 5.91 Å². The second kappa shape index (κ2) is 6.62. The molecule has 1 aromatic rings. The van der Waals surface area contributed by atoms with Gasteiger partial charge < -0.3 is 9.64 Å². The van der Waals surface area contributed by atoms with Crippen LogP contribution in [0.3, 0.4) is 0 Å². The van der Waals surface area contributed by atoms with E-state index in [1.165, 1.54) is 18.0 Å². The summed E-state index contributed by atoms with van der Waals surface area (Å²) in [5.41, 5.74) is 0. The summed E-state index contributed by atoms with van der Waals surface area (Å²) in [5.74, 6) is -0.418. The Labute approximate surface area is 99.3 Å². The number of amides is 1. The molecule has 1 rings (SSSR count). The molecular formula is C10H16N4O3. The summed E-state index contributed by atoms with van der Waals surface area (Å²) in [7, 11) is 1.33. The molecule has 0 fully saturated rings. The Morgan fingerprint density at radius 1 is 1.47 bits per heavy atom. The van der Waals surface area contributed by atoms with Crippen molar-refractivity contribution in [2.24, 2.45) is 0 Å². The molecule has 0 saturated heterocycles. The van der Waals surface area contributed by atoms with Gasteiger partial charge in [0, 0.05) is 19.3 Å². The highest BCUT2D eigenvalue weighted by molar-refractivity contribution is 5.77. The average Bonchev–Trinajstić information content (AvgIpc) is 2.82. The maximum absolute atomic E-state index is 11.8. The van der Waals surface area contributed by atoms with E-state index < -0.39 is 0 Å². The number of hydrogen-bond acceptors (Lipinski definition) is 5. The van der Waals surface area contributed by atoms with Crippen LogP contribution in [0.25, 0.3) is 0 Å². The first-order chi connectivity index (χ1) is 8.17. The Hall–Kier alpha value is -1.92. The number of carbonyl (C=O) groups excluding carboxylic acids is 2. The van der Waals surface area contributed by atoms with Crippen molar-refractivity contribution in [1.82, 2.24) is 19.9 Å². The minimum absolute atomic E-state index is 0.0955.